The number of aryl methyl sites for hydroxylation is 2. The zero-order valence-electron chi connectivity index (χ0n) is 17.9. The molecule has 3 rings (SSSR count). The third-order valence-electron chi connectivity index (χ3n) is 5.08. The normalized spacial score (nSPS) is 11.0. The lowest BCUT2D eigenvalue weighted by Gasteiger charge is -2.13. The molecule has 0 aliphatic heterocycles. The lowest BCUT2D eigenvalue weighted by atomic mass is 10.1. The van der Waals surface area contributed by atoms with E-state index in [2.05, 4.69) is 5.32 Å². The summed E-state index contributed by atoms with van der Waals surface area (Å²) < 4.78 is 6.81. The van der Waals surface area contributed by atoms with Gasteiger partial charge < -0.3 is 14.6 Å². The van der Waals surface area contributed by atoms with Crippen molar-refractivity contribution in [3.63, 3.8) is 0 Å². The molecule has 0 saturated heterocycles. The number of hydrogen-bond donors (Lipinski definition) is 1. The molecule has 0 radical (unpaired) electrons. The van der Waals surface area contributed by atoms with E-state index in [4.69, 9.17) is 4.74 Å². The van der Waals surface area contributed by atoms with Crippen LogP contribution in [0, 0.1) is 32.1 Å². The van der Waals surface area contributed by atoms with Crippen LogP contribution < -0.4 is 5.32 Å². The number of carbonyl (C=O) groups is 2. The summed E-state index contributed by atoms with van der Waals surface area (Å²) in [7, 11) is 1.34. The largest absolute Gasteiger partial charge is 0.465 e. The zero-order chi connectivity index (χ0) is 22.5. The first kappa shape index (κ1) is 21.6. The number of nitrogens with one attached hydrogen (secondary N) is 1. The number of methoxy groups -OCH3 is 1. The summed E-state index contributed by atoms with van der Waals surface area (Å²) >= 11 is 0. The van der Waals surface area contributed by atoms with Gasteiger partial charge in [-0.2, -0.15) is 5.26 Å². The summed E-state index contributed by atoms with van der Waals surface area (Å²) in [5.41, 5.74) is 5.03. The van der Waals surface area contributed by atoms with E-state index in [1.807, 2.05) is 67.8 Å². The molecule has 1 N–H and O–H groups in total. The maximum Gasteiger partial charge on any atom is 0.339 e. The van der Waals surface area contributed by atoms with Gasteiger partial charge in [0.2, 0.25) is 0 Å². The monoisotopic (exact) mass is 413 g/mol. The Morgan fingerprint density at radius 2 is 1.74 bits per heavy atom. The average molecular weight is 413 g/mol. The van der Waals surface area contributed by atoms with Gasteiger partial charge in [-0.15, -0.1) is 0 Å². The highest BCUT2D eigenvalue weighted by Gasteiger charge is 2.18. The zero-order valence-corrected chi connectivity index (χ0v) is 17.9. The molecule has 3 aromatic rings. The number of para-hydroxylation sites is 2. The molecule has 6 heteroatoms. The predicted molar refractivity (Wildman–Crippen MR) is 120 cm³/mol. The van der Waals surface area contributed by atoms with Crippen LogP contribution in [0.25, 0.3) is 11.8 Å². The van der Waals surface area contributed by atoms with Gasteiger partial charge in [0.1, 0.15) is 11.6 Å². The van der Waals surface area contributed by atoms with Gasteiger partial charge in [0.25, 0.3) is 5.91 Å². The Kier molecular flexibility index (Phi) is 6.37. The third-order valence-corrected chi connectivity index (χ3v) is 5.08. The molecule has 2 aromatic carbocycles. The number of anilines is 1. The van der Waals surface area contributed by atoms with Crippen molar-refractivity contribution in [2.75, 3.05) is 12.4 Å². The minimum absolute atomic E-state index is 0.00949. The van der Waals surface area contributed by atoms with Crippen molar-refractivity contribution < 1.29 is 14.3 Å². The fourth-order valence-electron chi connectivity index (χ4n) is 3.46. The van der Waals surface area contributed by atoms with Crippen molar-refractivity contribution in [3.05, 3.63) is 88.2 Å². The minimum atomic E-state index is -0.475. The molecule has 1 aromatic heterocycles. The highest BCUT2D eigenvalue weighted by Crippen LogP contribution is 2.26. The van der Waals surface area contributed by atoms with Crippen LogP contribution in [0.3, 0.4) is 0 Å². The Labute approximate surface area is 181 Å². The number of nitrogens with zero attached hydrogens (tertiary/aromatic N) is 2. The third kappa shape index (κ3) is 4.41. The van der Waals surface area contributed by atoms with E-state index in [1.54, 1.807) is 24.3 Å². The molecule has 1 amide bonds. The highest BCUT2D eigenvalue weighted by atomic mass is 16.5. The topological polar surface area (TPSA) is 84.1 Å². The number of ether oxygens (including phenoxy) is 1. The maximum absolute atomic E-state index is 12.7. The predicted octanol–water partition coefficient (Wildman–Crippen LogP) is 4.73. The van der Waals surface area contributed by atoms with E-state index >= 15 is 0 Å². The molecular weight excluding hydrogens is 390 g/mol. The summed E-state index contributed by atoms with van der Waals surface area (Å²) in [5.74, 6) is -0.910. The van der Waals surface area contributed by atoms with Gasteiger partial charge >= 0.3 is 5.97 Å². The second-order valence-corrected chi connectivity index (χ2v) is 7.11. The lowest BCUT2D eigenvalue weighted by Crippen LogP contribution is -2.14. The summed E-state index contributed by atoms with van der Waals surface area (Å²) in [4.78, 5) is 24.9. The lowest BCUT2D eigenvalue weighted by molar-refractivity contribution is -0.112. The van der Waals surface area contributed by atoms with Crippen molar-refractivity contribution in [2.45, 2.75) is 20.8 Å². The van der Waals surface area contributed by atoms with Gasteiger partial charge in [0, 0.05) is 17.1 Å². The van der Waals surface area contributed by atoms with Crippen molar-refractivity contribution in [1.29, 1.82) is 5.26 Å². The van der Waals surface area contributed by atoms with E-state index in [0.29, 0.717) is 22.5 Å². The van der Waals surface area contributed by atoms with Crippen molar-refractivity contribution in [3.8, 4) is 11.8 Å². The molecule has 0 bridgehead atoms. The van der Waals surface area contributed by atoms with Gasteiger partial charge in [-0.25, -0.2) is 4.79 Å². The first-order valence-electron chi connectivity index (χ1n) is 9.72. The minimum Gasteiger partial charge on any atom is -0.465 e. The van der Waals surface area contributed by atoms with Crippen LogP contribution >= 0.6 is 0 Å². The van der Waals surface area contributed by atoms with Crippen LogP contribution in [0.2, 0.25) is 0 Å². The van der Waals surface area contributed by atoms with Crippen LogP contribution in [0.5, 0.6) is 0 Å². The Bertz CT molecular complexity index is 1230. The number of nitriles is 1. The summed E-state index contributed by atoms with van der Waals surface area (Å²) in [5, 5.41) is 12.4. The molecule has 0 saturated carbocycles. The highest BCUT2D eigenvalue weighted by molar-refractivity contribution is 6.10. The van der Waals surface area contributed by atoms with Crippen LogP contribution in [0.15, 0.2) is 60.2 Å². The van der Waals surface area contributed by atoms with E-state index in [9.17, 15) is 14.9 Å². The molecule has 6 nitrogen and oxygen atoms in total. The second-order valence-electron chi connectivity index (χ2n) is 7.11. The first-order chi connectivity index (χ1) is 14.9. The molecular formula is C25H23N3O3. The van der Waals surface area contributed by atoms with E-state index < -0.39 is 11.9 Å². The number of benzene rings is 2. The van der Waals surface area contributed by atoms with Crippen LogP contribution in [0.1, 0.15) is 32.9 Å². The van der Waals surface area contributed by atoms with Gasteiger partial charge in [-0.1, -0.05) is 30.3 Å². The van der Waals surface area contributed by atoms with Gasteiger partial charge in [-0.05, 0) is 62.2 Å². The quantitative estimate of drug-likeness (QED) is 0.372. The van der Waals surface area contributed by atoms with Crippen molar-refractivity contribution in [2.24, 2.45) is 0 Å². The molecule has 0 aliphatic carbocycles. The molecule has 0 aliphatic rings. The van der Waals surface area contributed by atoms with Crippen LogP contribution in [-0.2, 0) is 9.53 Å². The fraction of sp³-hybridized carbons (Fsp3) is 0.160. The fourth-order valence-corrected chi connectivity index (χ4v) is 3.46. The molecule has 0 spiro atoms. The summed E-state index contributed by atoms with van der Waals surface area (Å²) in [6.45, 7) is 5.66. The average Bonchev–Trinajstić information content (AvgIpc) is 3.05. The number of esters is 1. The van der Waals surface area contributed by atoms with Crippen molar-refractivity contribution >= 4 is 23.6 Å². The standard InChI is InChI=1S/C25H23N3O3/c1-16-9-5-7-11-22(16)27-24(29)20(15-26)14-19-13-17(2)28(18(19)3)23-12-8-6-10-21(23)25(30)31-4/h5-14H,1-4H3,(H,27,29)/b20-14-. The summed E-state index contributed by atoms with van der Waals surface area (Å²) in [6, 6.07) is 18.4. The summed E-state index contributed by atoms with van der Waals surface area (Å²) in [6.07, 6.45) is 1.56. The van der Waals surface area contributed by atoms with Crippen molar-refractivity contribution in [1.82, 2.24) is 4.57 Å². The smallest absolute Gasteiger partial charge is 0.339 e. The number of carbonyl (C=O) groups excluding carboxylic acids is 2. The van der Waals surface area contributed by atoms with E-state index in [1.165, 1.54) is 7.11 Å². The molecule has 1 heterocycles. The van der Waals surface area contributed by atoms with E-state index in [0.717, 1.165) is 17.0 Å². The molecule has 0 unspecified atom stereocenters. The van der Waals surface area contributed by atoms with Gasteiger partial charge in [0.15, 0.2) is 0 Å². The van der Waals surface area contributed by atoms with Crippen LogP contribution in [-0.4, -0.2) is 23.6 Å². The molecule has 156 valence electrons. The Hall–Kier alpha value is -4.11. The Balaban J connectivity index is 2.01. The SMILES string of the molecule is COC(=O)c1ccccc1-n1c(C)cc(/C=C(/C#N)C(=O)Nc2ccccc2C)c1C. The number of amides is 1. The second kappa shape index (κ2) is 9.14. The Morgan fingerprint density at radius 3 is 2.42 bits per heavy atom. The van der Waals surface area contributed by atoms with Gasteiger partial charge in [-0.3, -0.25) is 4.79 Å². The molecule has 0 fully saturated rings. The van der Waals surface area contributed by atoms with Crippen LogP contribution in [0.4, 0.5) is 5.69 Å². The van der Waals surface area contributed by atoms with Gasteiger partial charge in [0.05, 0.1) is 18.4 Å². The molecule has 31 heavy (non-hydrogen) atoms. The molecule has 0 atom stereocenters. The first-order valence-corrected chi connectivity index (χ1v) is 9.72. The number of aromatic nitrogens is 1. The number of hydrogen-bond acceptors (Lipinski definition) is 4. The number of rotatable bonds is 5. The van der Waals surface area contributed by atoms with E-state index in [-0.39, 0.29) is 5.57 Å². The maximum atomic E-state index is 12.7. The Morgan fingerprint density at radius 1 is 1.06 bits per heavy atom.